The SMILES string of the molecule is CCCCC1([C@]2(C)COC(=O)/C2=C(/C)O)OC(=O)c2ccccc21. The molecule has 0 spiro atoms. The van der Waals surface area contributed by atoms with E-state index in [-0.39, 0.29) is 17.9 Å². The number of carbonyl (C=O) groups excluding carboxylic acids is 2. The molecular weight excluding hydrogens is 308 g/mol. The average Bonchev–Trinajstić information content (AvgIpc) is 3.02. The summed E-state index contributed by atoms with van der Waals surface area (Å²) in [6, 6.07) is 7.26. The zero-order chi connectivity index (χ0) is 17.5. The van der Waals surface area contributed by atoms with Crippen molar-refractivity contribution in [2.45, 2.75) is 45.6 Å². The van der Waals surface area contributed by atoms with Crippen LogP contribution in [0.2, 0.25) is 0 Å². The Kier molecular flexibility index (Phi) is 3.90. The van der Waals surface area contributed by atoms with Crippen molar-refractivity contribution in [3.8, 4) is 0 Å². The molecule has 3 rings (SSSR count). The fourth-order valence-electron chi connectivity index (χ4n) is 4.02. The monoisotopic (exact) mass is 330 g/mol. The molecule has 1 N–H and O–H groups in total. The highest BCUT2D eigenvalue weighted by Crippen LogP contribution is 2.58. The largest absolute Gasteiger partial charge is 0.512 e. The third-order valence-electron chi connectivity index (χ3n) is 5.23. The molecule has 1 saturated heterocycles. The number of esters is 2. The molecule has 1 aromatic carbocycles. The number of hydrogen-bond acceptors (Lipinski definition) is 5. The molecule has 2 atom stereocenters. The number of unbranched alkanes of at least 4 members (excludes halogenated alkanes) is 1. The van der Waals surface area contributed by atoms with E-state index < -0.39 is 23.0 Å². The van der Waals surface area contributed by atoms with E-state index in [0.29, 0.717) is 12.0 Å². The van der Waals surface area contributed by atoms with E-state index in [9.17, 15) is 14.7 Å². The highest BCUT2D eigenvalue weighted by molar-refractivity contribution is 5.97. The minimum absolute atomic E-state index is 0.0738. The van der Waals surface area contributed by atoms with E-state index in [1.54, 1.807) is 12.1 Å². The normalized spacial score (nSPS) is 30.8. The lowest BCUT2D eigenvalue weighted by molar-refractivity contribution is -0.136. The van der Waals surface area contributed by atoms with Crippen molar-refractivity contribution in [3.05, 3.63) is 46.7 Å². The molecular formula is C19H22O5. The first-order chi connectivity index (χ1) is 11.4. The fourth-order valence-corrected chi connectivity index (χ4v) is 4.02. The molecule has 128 valence electrons. The molecule has 2 aliphatic heterocycles. The van der Waals surface area contributed by atoms with Crippen molar-refractivity contribution in [3.63, 3.8) is 0 Å². The standard InChI is InChI=1S/C19H22O5/c1-4-5-10-19(14-9-7-6-8-13(14)16(21)24-19)18(3)11-23-17(22)15(18)12(2)20/h6-9,20H,4-5,10-11H2,1-3H3/b15-12+/t18-,19?/m1/s1. The summed E-state index contributed by atoms with van der Waals surface area (Å²) in [5, 5.41) is 10.1. The first-order valence-corrected chi connectivity index (χ1v) is 8.27. The Morgan fingerprint density at radius 2 is 1.96 bits per heavy atom. The quantitative estimate of drug-likeness (QED) is 0.518. The molecule has 0 amide bonds. The van der Waals surface area contributed by atoms with E-state index in [1.807, 2.05) is 19.1 Å². The molecule has 2 heterocycles. The van der Waals surface area contributed by atoms with Gasteiger partial charge in [0.05, 0.1) is 16.6 Å². The lowest BCUT2D eigenvalue weighted by atomic mass is 9.64. The number of benzene rings is 1. The molecule has 24 heavy (non-hydrogen) atoms. The van der Waals surface area contributed by atoms with Gasteiger partial charge in [0.25, 0.3) is 0 Å². The first kappa shape index (κ1) is 16.6. The highest BCUT2D eigenvalue weighted by Gasteiger charge is 2.63. The Morgan fingerprint density at radius 3 is 2.62 bits per heavy atom. The number of aliphatic hydroxyl groups is 1. The van der Waals surface area contributed by atoms with E-state index in [4.69, 9.17) is 9.47 Å². The molecule has 0 saturated carbocycles. The number of allylic oxidation sites excluding steroid dienone is 1. The highest BCUT2D eigenvalue weighted by atomic mass is 16.6. The van der Waals surface area contributed by atoms with Crippen molar-refractivity contribution in [1.29, 1.82) is 0 Å². The van der Waals surface area contributed by atoms with Crippen LogP contribution in [0.3, 0.4) is 0 Å². The molecule has 2 aliphatic rings. The van der Waals surface area contributed by atoms with Crippen molar-refractivity contribution in [2.24, 2.45) is 5.41 Å². The van der Waals surface area contributed by atoms with Gasteiger partial charge in [0.1, 0.15) is 12.4 Å². The van der Waals surface area contributed by atoms with Crippen LogP contribution in [-0.2, 0) is 19.9 Å². The maximum Gasteiger partial charge on any atom is 0.339 e. The molecule has 1 aromatic rings. The number of fused-ring (bicyclic) bond motifs is 1. The molecule has 0 aromatic heterocycles. The molecule has 0 bridgehead atoms. The second kappa shape index (κ2) is 5.65. The maximum atomic E-state index is 12.5. The van der Waals surface area contributed by atoms with Gasteiger partial charge in [0.15, 0.2) is 5.60 Å². The van der Waals surface area contributed by atoms with Crippen LogP contribution >= 0.6 is 0 Å². The molecule has 0 radical (unpaired) electrons. The van der Waals surface area contributed by atoms with Crippen molar-refractivity contribution < 1.29 is 24.2 Å². The summed E-state index contributed by atoms with van der Waals surface area (Å²) in [6.07, 6.45) is 2.31. The minimum Gasteiger partial charge on any atom is -0.512 e. The Labute approximate surface area is 141 Å². The zero-order valence-electron chi connectivity index (χ0n) is 14.2. The molecule has 1 fully saturated rings. The van der Waals surface area contributed by atoms with Crippen LogP contribution in [0.25, 0.3) is 0 Å². The van der Waals surface area contributed by atoms with Gasteiger partial charge < -0.3 is 14.6 Å². The maximum absolute atomic E-state index is 12.5. The average molecular weight is 330 g/mol. The van der Waals surface area contributed by atoms with Crippen LogP contribution in [-0.4, -0.2) is 23.7 Å². The van der Waals surface area contributed by atoms with Crippen molar-refractivity contribution in [2.75, 3.05) is 6.61 Å². The fraction of sp³-hybridized carbons (Fsp3) is 0.474. The number of carbonyl (C=O) groups is 2. The Morgan fingerprint density at radius 1 is 1.25 bits per heavy atom. The first-order valence-electron chi connectivity index (χ1n) is 8.27. The van der Waals surface area contributed by atoms with Crippen LogP contribution < -0.4 is 0 Å². The summed E-state index contributed by atoms with van der Waals surface area (Å²) in [5.74, 6) is -1.03. The number of aliphatic hydroxyl groups excluding tert-OH is 1. The summed E-state index contributed by atoms with van der Waals surface area (Å²) in [4.78, 5) is 24.7. The summed E-state index contributed by atoms with van der Waals surface area (Å²) in [6.45, 7) is 5.43. The second-order valence-corrected chi connectivity index (χ2v) is 6.73. The number of hydrogen-bond donors (Lipinski definition) is 1. The molecule has 0 aliphatic carbocycles. The smallest absolute Gasteiger partial charge is 0.339 e. The van der Waals surface area contributed by atoms with Gasteiger partial charge in [-0.25, -0.2) is 9.59 Å². The van der Waals surface area contributed by atoms with Crippen LogP contribution in [0.15, 0.2) is 35.6 Å². The third kappa shape index (κ3) is 2.07. The van der Waals surface area contributed by atoms with Crippen LogP contribution in [0, 0.1) is 5.41 Å². The lowest BCUT2D eigenvalue weighted by Crippen LogP contribution is -2.46. The summed E-state index contributed by atoms with van der Waals surface area (Å²) >= 11 is 0. The van der Waals surface area contributed by atoms with Gasteiger partial charge in [-0.3, -0.25) is 0 Å². The number of cyclic esters (lactones) is 2. The van der Waals surface area contributed by atoms with Crippen LogP contribution in [0.1, 0.15) is 56.0 Å². The lowest BCUT2D eigenvalue weighted by Gasteiger charge is -2.42. The van der Waals surface area contributed by atoms with Crippen molar-refractivity contribution >= 4 is 11.9 Å². The van der Waals surface area contributed by atoms with E-state index in [2.05, 4.69) is 6.92 Å². The number of ether oxygens (including phenoxy) is 2. The van der Waals surface area contributed by atoms with E-state index >= 15 is 0 Å². The number of rotatable bonds is 4. The second-order valence-electron chi connectivity index (χ2n) is 6.73. The summed E-state index contributed by atoms with van der Waals surface area (Å²) in [7, 11) is 0. The van der Waals surface area contributed by atoms with Crippen LogP contribution in [0.4, 0.5) is 0 Å². The third-order valence-corrected chi connectivity index (χ3v) is 5.23. The Balaban J connectivity index is 2.24. The van der Waals surface area contributed by atoms with Gasteiger partial charge in [-0.05, 0) is 32.8 Å². The summed E-state index contributed by atoms with van der Waals surface area (Å²) in [5.41, 5.74) is -0.460. The van der Waals surface area contributed by atoms with Gasteiger partial charge in [-0.2, -0.15) is 0 Å². The van der Waals surface area contributed by atoms with Gasteiger partial charge in [0.2, 0.25) is 0 Å². The van der Waals surface area contributed by atoms with Gasteiger partial charge in [-0.1, -0.05) is 31.5 Å². The molecule has 1 unspecified atom stereocenters. The van der Waals surface area contributed by atoms with Gasteiger partial charge >= 0.3 is 11.9 Å². The Hall–Kier alpha value is -2.30. The zero-order valence-corrected chi connectivity index (χ0v) is 14.2. The van der Waals surface area contributed by atoms with Gasteiger partial charge in [0, 0.05) is 5.56 Å². The molecule has 5 nitrogen and oxygen atoms in total. The van der Waals surface area contributed by atoms with Crippen molar-refractivity contribution in [1.82, 2.24) is 0 Å². The van der Waals surface area contributed by atoms with E-state index in [0.717, 1.165) is 18.4 Å². The minimum atomic E-state index is -1.01. The topological polar surface area (TPSA) is 72.8 Å². The van der Waals surface area contributed by atoms with Crippen LogP contribution in [0.5, 0.6) is 0 Å². The van der Waals surface area contributed by atoms with Gasteiger partial charge in [-0.15, -0.1) is 0 Å². The predicted molar refractivity (Wildman–Crippen MR) is 87.5 cm³/mol. The predicted octanol–water partition coefficient (Wildman–Crippen LogP) is 3.64. The van der Waals surface area contributed by atoms with E-state index in [1.165, 1.54) is 6.92 Å². The molecule has 5 heteroatoms. The Bertz CT molecular complexity index is 731. The summed E-state index contributed by atoms with van der Waals surface area (Å²) < 4.78 is 11.2.